The molecule has 1 unspecified atom stereocenters. The Hall–Kier alpha value is -2.75. The van der Waals surface area contributed by atoms with Crippen LogP contribution in [0.25, 0.3) is 11.0 Å². The van der Waals surface area contributed by atoms with Crippen molar-refractivity contribution in [3.63, 3.8) is 0 Å². The van der Waals surface area contributed by atoms with Gasteiger partial charge in [0.1, 0.15) is 5.60 Å². The number of likely N-dealkylation sites (tertiary alicyclic amines) is 1. The minimum atomic E-state index is -0.541. The van der Waals surface area contributed by atoms with E-state index in [9.17, 15) is 9.59 Å². The number of nitriles is 1. The number of fused-ring (bicyclic) bond motifs is 1. The number of rotatable bonds is 1. The number of aromatic nitrogens is 2. The topological polar surface area (TPSA) is 91.1 Å². The maximum atomic E-state index is 12.3. The molecule has 0 radical (unpaired) electrons. The SMILES string of the molecule is CC(C)(C)OC(=O)N1CCC(n2c(=O)[nH]c3cc(C#N)ccc32)C1. The summed E-state index contributed by atoms with van der Waals surface area (Å²) in [6.45, 7) is 6.47. The Bertz CT molecular complexity index is 882. The molecule has 2 aromatic rings. The average molecular weight is 328 g/mol. The Morgan fingerprint density at radius 1 is 1.42 bits per heavy atom. The van der Waals surface area contributed by atoms with Gasteiger partial charge in [-0.1, -0.05) is 0 Å². The highest BCUT2D eigenvalue weighted by Crippen LogP contribution is 2.25. The van der Waals surface area contributed by atoms with E-state index in [0.717, 1.165) is 5.52 Å². The molecule has 1 aromatic heterocycles. The van der Waals surface area contributed by atoms with Gasteiger partial charge in [0.05, 0.1) is 28.7 Å². The summed E-state index contributed by atoms with van der Waals surface area (Å²) < 4.78 is 7.06. The fraction of sp³-hybridized carbons (Fsp3) is 0.471. The molecule has 2 heterocycles. The van der Waals surface area contributed by atoms with Crippen LogP contribution in [0.4, 0.5) is 4.79 Å². The van der Waals surface area contributed by atoms with E-state index < -0.39 is 5.60 Å². The van der Waals surface area contributed by atoms with Crippen LogP contribution in [0, 0.1) is 11.3 Å². The zero-order valence-corrected chi connectivity index (χ0v) is 14.0. The van der Waals surface area contributed by atoms with Crippen LogP contribution in [0.15, 0.2) is 23.0 Å². The van der Waals surface area contributed by atoms with Gasteiger partial charge in [0.2, 0.25) is 0 Å². The molecule has 1 aromatic carbocycles. The third-order valence-electron chi connectivity index (χ3n) is 4.03. The van der Waals surface area contributed by atoms with Crippen molar-refractivity contribution in [1.82, 2.24) is 14.5 Å². The number of aromatic amines is 1. The molecule has 0 spiro atoms. The zero-order chi connectivity index (χ0) is 17.5. The molecular weight excluding hydrogens is 308 g/mol. The quantitative estimate of drug-likeness (QED) is 0.870. The molecule has 1 saturated heterocycles. The van der Waals surface area contributed by atoms with Crippen molar-refractivity contribution in [2.75, 3.05) is 13.1 Å². The van der Waals surface area contributed by atoms with Gasteiger partial charge in [-0.15, -0.1) is 0 Å². The third kappa shape index (κ3) is 3.00. The maximum absolute atomic E-state index is 12.3. The van der Waals surface area contributed by atoms with Gasteiger partial charge >= 0.3 is 11.8 Å². The molecule has 1 N–H and O–H groups in total. The molecule has 7 nitrogen and oxygen atoms in total. The molecule has 7 heteroatoms. The number of hydrogen-bond donors (Lipinski definition) is 1. The number of carbonyl (C=O) groups excluding carboxylic acids is 1. The number of hydrogen-bond acceptors (Lipinski definition) is 4. The summed E-state index contributed by atoms with van der Waals surface area (Å²) in [5, 5.41) is 8.97. The summed E-state index contributed by atoms with van der Waals surface area (Å²) in [6.07, 6.45) is 0.330. The summed E-state index contributed by atoms with van der Waals surface area (Å²) in [6, 6.07) is 7.07. The van der Waals surface area contributed by atoms with E-state index in [4.69, 9.17) is 10.00 Å². The monoisotopic (exact) mass is 328 g/mol. The number of carbonyl (C=O) groups is 1. The fourth-order valence-electron chi connectivity index (χ4n) is 3.01. The molecule has 1 aliphatic rings. The molecule has 0 saturated carbocycles. The normalized spacial score (nSPS) is 17.9. The van der Waals surface area contributed by atoms with Crippen LogP contribution in [0.1, 0.15) is 38.8 Å². The summed E-state index contributed by atoms with van der Waals surface area (Å²) in [7, 11) is 0. The van der Waals surface area contributed by atoms with E-state index in [-0.39, 0.29) is 17.8 Å². The minimum Gasteiger partial charge on any atom is -0.444 e. The molecule has 24 heavy (non-hydrogen) atoms. The Labute approximate surface area is 139 Å². The second-order valence-corrected chi connectivity index (χ2v) is 7.01. The highest BCUT2D eigenvalue weighted by atomic mass is 16.6. The van der Waals surface area contributed by atoms with E-state index in [1.807, 2.05) is 20.8 Å². The lowest BCUT2D eigenvalue weighted by atomic mass is 10.2. The lowest BCUT2D eigenvalue weighted by Crippen LogP contribution is -2.36. The molecule has 1 atom stereocenters. The largest absolute Gasteiger partial charge is 0.444 e. The van der Waals surface area contributed by atoms with Crippen LogP contribution >= 0.6 is 0 Å². The van der Waals surface area contributed by atoms with Crippen LogP contribution < -0.4 is 5.69 Å². The maximum Gasteiger partial charge on any atom is 0.410 e. The number of nitrogens with one attached hydrogen (secondary N) is 1. The molecular formula is C17H20N4O3. The molecule has 0 bridgehead atoms. The first-order chi connectivity index (χ1) is 11.3. The van der Waals surface area contributed by atoms with Gasteiger partial charge in [0.25, 0.3) is 0 Å². The van der Waals surface area contributed by atoms with Gasteiger partial charge in [0.15, 0.2) is 0 Å². The Balaban J connectivity index is 1.85. The van der Waals surface area contributed by atoms with Gasteiger partial charge in [-0.2, -0.15) is 5.26 Å². The molecule has 1 aliphatic heterocycles. The summed E-state index contributed by atoms with van der Waals surface area (Å²) in [5.41, 5.74) is 1.11. The lowest BCUT2D eigenvalue weighted by Gasteiger charge is -2.24. The number of benzene rings is 1. The predicted molar refractivity (Wildman–Crippen MR) is 88.7 cm³/mol. The van der Waals surface area contributed by atoms with Gasteiger partial charge < -0.3 is 14.6 Å². The number of ether oxygens (including phenoxy) is 1. The van der Waals surface area contributed by atoms with E-state index >= 15 is 0 Å². The zero-order valence-electron chi connectivity index (χ0n) is 14.0. The first-order valence-electron chi connectivity index (χ1n) is 7.91. The van der Waals surface area contributed by atoms with E-state index in [1.54, 1.807) is 27.7 Å². The Morgan fingerprint density at radius 2 is 2.17 bits per heavy atom. The number of H-pyrrole nitrogens is 1. The van der Waals surface area contributed by atoms with E-state index in [0.29, 0.717) is 30.6 Å². The van der Waals surface area contributed by atoms with Crippen molar-refractivity contribution >= 4 is 17.1 Å². The van der Waals surface area contributed by atoms with Crippen molar-refractivity contribution in [1.29, 1.82) is 5.26 Å². The number of nitrogens with zero attached hydrogens (tertiary/aromatic N) is 3. The Kier molecular flexibility index (Phi) is 3.84. The molecule has 0 aliphatic carbocycles. The van der Waals surface area contributed by atoms with Crippen LogP contribution in [-0.4, -0.2) is 39.2 Å². The van der Waals surface area contributed by atoms with Gasteiger partial charge in [-0.3, -0.25) is 4.57 Å². The molecule has 1 fully saturated rings. The Morgan fingerprint density at radius 3 is 2.83 bits per heavy atom. The third-order valence-corrected chi connectivity index (χ3v) is 4.03. The van der Waals surface area contributed by atoms with Gasteiger partial charge in [-0.25, -0.2) is 9.59 Å². The standard InChI is InChI=1S/C17H20N4O3/c1-17(2,3)24-16(23)20-7-6-12(10-20)21-14-5-4-11(9-18)8-13(14)19-15(21)22/h4-5,8,12H,6-7,10H2,1-3H3,(H,19,22). The van der Waals surface area contributed by atoms with E-state index in [1.165, 1.54) is 0 Å². The smallest absolute Gasteiger partial charge is 0.410 e. The minimum absolute atomic E-state index is 0.105. The summed E-state index contributed by atoms with van der Waals surface area (Å²) >= 11 is 0. The first-order valence-corrected chi connectivity index (χ1v) is 7.91. The predicted octanol–water partition coefficient (Wildman–Crippen LogP) is 2.38. The van der Waals surface area contributed by atoms with Crippen molar-refractivity contribution < 1.29 is 9.53 Å². The van der Waals surface area contributed by atoms with Crippen LogP contribution in [0.2, 0.25) is 0 Å². The van der Waals surface area contributed by atoms with E-state index in [2.05, 4.69) is 11.1 Å². The fourth-order valence-corrected chi connectivity index (χ4v) is 3.01. The number of imidazole rings is 1. The summed E-state index contributed by atoms with van der Waals surface area (Å²) in [5.74, 6) is 0. The van der Waals surface area contributed by atoms with Crippen molar-refractivity contribution in [2.45, 2.75) is 38.8 Å². The van der Waals surface area contributed by atoms with Gasteiger partial charge in [-0.05, 0) is 45.4 Å². The second kappa shape index (κ2) is 5.71. The van der Waals surface area contributed by atoms with Crippen molar-refractivity contribution in [2.24, 2.45) is 0 Å². The highest BCUT2D eigenvalue weighted by Gasteiger charge is 2.32. The summed E-state index contributed by atoms with van der Waals surface area (Å²) in [4.78, 5) is 28.9. The van der Waals surface area contributed by atoms with Crippen molar-refractivity contribution in [3.8, 4) is 6.07 Å². The molecule has 126 valence electrons. The van der Waals surface area contributed by atoms with Crippen LogP contribution in [0.3, 0.4) is 0 Å². The highest BCUT2D eigenvalue weighted by molar-refractivity contribution is 5.77. The molecule has 3 rings (SSSR count). The number of amides is 1. The van der Waals surface area contributed by atoms with Crippen LogP contribution in [0.5, 0.6) is 0 Å². The second-order valence-electron chi connectivity index (χ2n) is 7.01. The van der Waals surface area contributed by atoms with Crippen LogP contribution in [-0.2, 0) is 4.74 Å². The average Bonchev–Trinajstić information content (AvgIpc) is 3.07. The van der Waals surface area contributed by atoms with Gasteiger partial charge in [0, 0.05) is 13.1 Å². The first kappa shape index (κ1) is 16.1. The molecule has 1 amide bonds. The van der Waals surface area contributed by atoms with Crippen molar-refractivity contribution in [3.05, 3.63) is 34.2 Å². The lowest BCUT2D eigenvalue weighted by molar-refractivity contribution is 0.0289.